The van der Waals surface area contributed by atoms with Gasteiger partial charge >= 0.3 is 0 Å². The van der Waals surface area contributed by atoms with Crippen LogP contribution >= 0.6 is 0 Å². The van der Waals surface area contributed by atoms with E-state index in [4.69, 9.17) is 4.42 Å². The molecule has 1 heterocycles. The number of hydrogen-bond acceptors (Lipinski definition) is 4. The van der Waals surface area contributed by atoms with Gasteiger partial charge in [0.15, 0.2) is 5.69 Å². The first kappa shape index (κ1) is 19.9. The molecule has 0 unspecified atom stereocenters. The number of para-hydroxylation sites is 1. The maximum Gasteiger partial charge on any atom is 0.277 e. The Labute approximate surface area is 175 Å². The third-order valence-corrected chi connectivity index (χ3v) is 5.29. The van der Waals surface area contributed by atoms with Crippen LogP contribution in [-0.4, -0.2) is 28.2 Å². The highest BCUT2D eigenvalue weighted by Crippen LogP contribution is 2.43. The Hall–Kier alpha value is -3.41. The second kappa shape index (κ2) is 8.53. The van der Waals surface area contributed by atoms with Crippen LogP contribution in [0.25, 0.3) is 11.5 Å². The molecule has 1 aliphatic carbocycles. The molecule has 0 saturated heterocycles. The van der Waals surface area contributed by atoms with Gasteiger partial charge in [0, 0.05) is 37.2 Å². The van der Waals surface area contributed by atoms with Gasteiger partial charge in [-0.1, -0.05) is 36.4 Å². The molecule has 3 aromatic rings. The number of amides is 2. The van der Waals surface area contributed by atoms with Crippen molar-refractivity contribution in [2.45, 2.75) is 39.2 Å². The van der Waals surface area contributed by atoms with E-state index < -0.39 is 0 Å². The molecule has 2 amide bonds. The number of aromatic nitrogens is 1. The van der Waals surface area contributed by atoms with Crippen LogP contribution in [0.2, 0.25) is 0 Å². The van der Waals surface area contributed by atoms with Crippen molar-refractivity contribution in [3.63, 3.8) is 0 Å². The smallest absolute Gasteiger partial charge is 0.277 e. The molecule has 2 aromatic carbocycles. The van der Waals surface area contributed by atoms with Crippen LogP contribution < -0.4 is 5.32 Å². The van der Waals surface area contributed by atoms with E-state index >= 15 is 0 Å². The van der Waals surface area contributed by atoms with Gasteiger partial charge in [0.2, 0.25) is 11.8 Å². The number of oxazole rings is 1. The largest absolute Gasteiger partial charge is 0.440 e. The average molecular weight is 403 g/mol. The predicted octanol–water partition coefficient (Wildman–Crippen LogP) is 4.84. The third-order valence-electron chi connectivity index (χ3n) is 5.29. The van der Waals surface area contributed by atoms with Gasteiger partial charge in [0.05, 0.1) is 0 Å². The fourth-order valence-corrected chi connectivity index (χ4v) is 3.43. The summed E-state index contributed by atoms with van der Waals surface area (Å²) in [5, 5.41) is 2.98. The first-order chi connectivity index (χ1) is 14.6. The summed E-state index contributed by atoms with van der Waals surface area (Å²) in [7, 11) is 0. The van der Waals surface area contributed by atoms with Crippen LogP contribution in [0.4, 0.5) is 5.69 Å². The first-order valence-corrected chi connectivity index (χ1v) is 10.3. The monoisotopic (exact) mass is 403 g/mol. The van der Waals surface area contributed by atoms with Gasteiger partial charge in [-0.05, 0) is 43.5 Å². The minimum atomic E-state index is -0.291. The highest BCUT2D eigenvalue weighted by atomic mass is 16.4. The molecule has 0 radical (unpaired) electrons. The Balaban J connectivity index is 1.61. The first-order valence-electron chi connectivity index (χ1n) is 10.3. The van der Waals surface area contributed by atoms with Crippen LogP contribution in [-0.2, 0) is 11.3 Å². The van der Waals surface area contributed by atoms with E-state index in [-0.39, 0.29) is 17.7 Å². The molecule has 1 fully saturated rings. The molecule has 0 atom stereocenters. The topological polar surface area (TPSA) is 75.4 Å². The van der Waals surface area contributed by atoms with Crippen LogP contribution in [0, 0.1) is 0 Å². The Morgan fingerprint density at radius 2 is 1.80 bits per heavy atom. The molecule has 6 heteroatoms. The van der Waals surface area contributed by atoms with E-state index in [9.17, 15) is 9.59 Å². The number of nitrogens with zero attached hydrogens (tertiary/aromatic N) is 2. The van der Waals surface area contributed by atoms with Crippen LogP contribution in [0.5, 0.6) is 0 Å². The van der Waals surface area contributed by atoms with Crippen molar-refractivity contribution in [2.75, 3.05) is 11.9 Å². The molecule has 1 N–H and O–H groups in total. The van der Waals surface area contributed by atoms with Crippen molar-refractivity contribution in [3.05, 3.63) is 71.6 Å². The molecule has 0 spiro atoms. The van der Waals surface area contributed by atoms with Crippen molar-refractivity contribution in [3.8, 4) is 11.5 Å². The summed E-state index contributed by atoms with van der Waals surface area (Å²) in [4.78, 5) is 31.2. The number of hydrogen-bond donors (Lipinski definition) is 1. The van der Waals surface area contributed by atoms with Crippen molar-refractivity contribution in [1.82, 2.24) is 9.88 Å². The molecule has 0 bridgehead atoms. The van der Waals surface area contributed by atoms with E-state index in [1.165, 1.54) is 0 Å². The Morgan fingerprint density at radius 1 is 1.10 bits per heavy atom. The molecule has 6 nitrogen and oxygen atoms in total. The van der Waals surface area contributed by atoms with Crippen LogP contribution in [0.15, 0.2) is 59.0 Å². The Morgan fingerprint density at radius 3 is 2.47 bits per heavy atom. The zero-order valence-electron chi connectivity index (χ0n) is 17.2. The second-order valence-electron chi connectivity index (χ2n) is 7.52. The fourth-order valence-electron chi connectivity index (χ4n) is 3.43. The summed E-state index contributed by atoms with van der Waals surface area (Å²) in [5.41, 5.74) is 2.74. The number of carbonyl (C=O) groups is 2. The lowest BCUT2D eigenvalue weighted by molar-refractivity contribution is -0.129. The van der Waals surface area contributed by atoms with E-state index in [2.05, 4.69) is 10.3 Å². The molecular weight excluding hydrogens is 378 g/mol. The van der Waals surface area contributed by atoms with Gasteiger partial charge in [0.25, 0.3) is 5.91 Å². The van der Waals surface area contributed by atoms with Gasteiger partial charge < -0.3 is 14.6 Å². The zero-order chi connectivity index (χ0) is 21.1. The summed E-state index contributed by atoms with van der Waals surface area (Å²) in [6, 6.07) is 17.1. The van der Waals surface area contributed by atoms with E-state index in [0.29, 0.717) is 36.1 Å². The molecular formula is C24H25N3O3. The minimum Gasteiger partial charge on any atom is -0.440 e. The summed E-state index contributed by atoms with van der Waals surface area (Å²) < 4.78 is 6.00. The van der Waals surface area contributed by atoms with E-state index in [0.717, 1.165) is 24.0 Å². The highest BCUT2D eigenvalue weighted by Gasteiger charge is 2.34. The second-order valence-corrected chi connectivity index (χ2v) is 7.52. The molecule has 1 aromatic heterocycles. The lowest BCUT2D eigenvalue weighted by Gasteiger charge is -2.20. The van der Waals surface area contributed by atoms with Gasteiger partial charge in [-0.25, -0.2) is 4.98 Å². The number of nitrogens with one attached hydrogen (secondary N) is 1. The van der Waals surface area contributed by atoms with Gasteiger partial charge in [-0.3, -0.25) is 9.59 Å². The minimum absolute atomic E-state index is 0.00125. The Bertz CT molecular complexity index is 1050. The maximum absolute atomic E-state index is 13.1. The zero-order valence-corrected chi connectivity index (χ0v) is 17.2. The average Bonchev–Trinajstić information content (AvgIpc) is 3.51. The third kappa shape index (κ3) is 4.27. The van der Waals surface area contributed by atoms with Crippen LogP contribution in [0.1, 0.15) is 54.4 Å². The van der Waals surface area contributed by atoms with Crippen molar-refractivity contribution in [1.29, 1.82) is 0 Å². The summed E-state index contributed by atoms with van der Waals surface area (Å²) in [5.74, 6) is 1.08. The molecule has 4 rings (SSSR count). The van der Waals surface area contributed by atoms with Crippen molar-refractivity contribution >= 4 is 17.5 Å². The van der Waals surface area contributed by atoms with E-state index in [1.54, 1.807) is 11.8 Å². The molecule has 0 aliphatic heterocycles. The van der Waals surface area contributed by atoms with Crippen molar-refractivity contribution in [2.24, 2.45) is 0 Å². The van der Waals surface area contributed by atoms with Gasteiger partial charge in [-0.15, -0.1) is 0 Å². The maximum atomic E-state index is 13.1. The quantitative estimate of drug-likeness (QED) is 0.612. The number of anilines is 1. The van der Waals surface area contributed by atoms with Crippen LogP contribution in [0.3, 0.4) is 0 Å². The standard InChI is InChI=1S/C24H25N3O3/c1-3-27(16(2)28)15-19-11-7-8-12-20(19)25-23(29)21-22(17-13-14-17)30-24(26-21)18-9-5-4-6-10-18/h4-12,17H,3,13-15H2,1-2H3,(H,25,29). The summed E-state index contributed by atoms with van der Waals surface area (Å²) in [6.07, 6.45) is 2.01. The molecule has 1 aliphatic rings. The highest BCUT2D eigenvalue weighted by molar-refractivity contribution is 6.04. The Kier molecular flexibility index (Phi) is 5.65. The summed E-state index contributed by atoms with van der Waals surface area (Å²) >= 11 is 0. The normalized spacial score (nSPS) is 13.1. The molecule has 154 valence electrons. The molecule has 1 saturated carbocycles. The SMILES string of the molecule is CCN(Cc1ccccc1NC(=O)c1nc(-c2ccccc2)oc1C1CC1)C(C)=O. The van der Waals surface area contributed by atoms with Gasteiger partial charge in [0.1, 0.15) is 5.76 Å². The number of rotatable bonds is 7. The predicted molar refractivity (Wildman–Crippen MR) is 115 cm³/mol. The van der Waals surface area contributed by atoms with Crippen molar-refractivity contribution < 1.29 is 14.0 Å². The van der Waals surface area contributed by atoms with Gasteiger partial charge in [-0.2, -0.15) is 0 Å². The fraction of sp³-hybridized carbons (Fsp3) is 0.292. The lowest BCUT2D eigenvalue weighted by atomic mass is 10.1. The number of benzene rings is 2. The molecule has 30 heavy (non-hydrogen) atoms. The summed E-state index contributed by atoms with van der Waals surface area (Å²) in [6.45, 7) is 4.52. The lowest BCUT2D eigenvalue weighted by Crippen LogP contribution is -2.28. The van der Waals surface area contributed by atoms with E-state index in [1.807, 2.05) is 61.5 Å². The number of carbonyl (C=O) groups excluding carboxylic acids is 2.